The molecule has 0 fully saturated rings. The molecule has 2 aromatic carbocycles. The number of fused-ring (bicyclic) bond motifs is 1. The Morgan fingerprint density at radius 3 is 2.50 bits per heavy atom. The van der Waals surface area contributed by atoms with Gasteiger partial charge in [-0.15, -0.1) is 10.2 Å². The van der Waals surface area contributed by atoms with Gasteiger partial charge in [-0.3, -0.25) is 9.20 Å². The minimum atomic E-state index is -1.08. The van der Waals surface area contributed by atoms with Gasteiger partial charge in [-0.1, -0.05) is 12.1 Å². The van der Waals surface area contributed by atoms with Crippen molar-refractivity contribution in [3.8, 4) is 11.4 Å². The standard InChI is InChI=1S/C20H11F2N3O3/c21-14-5-6-15(16(22)9-14)18(26)13-4-7-17-23-24-19(25(17)10-13)11-2-1-3-12(8-11)20(27)28/h1-10H,(H,27,28). The molecule has 0 saturated carbocycles. The topological polar surface area (TPSA) is 84.6 Å². The van der Waals surface area contributed by atoms with Gasteiger partial charge in [0.15, 0.2) is 17.3 Å². The molecule has 0 saturated heterocycles. The molecule has 1 N–H and O–H groups in total. The van der Waals surface area contributed by atoms with Crippen molar-refractivity contribution in [1.82, 2.24) is 14.6 Å². The highest BCUT2D eigenvalue weighted by atomic mass is 19.1. The van der Waals surface area contributed by atoms with E-state index in [1.807, 2.05) is 0 Å². The number of hydrogen-bond acceptors (Lipinski definition) is 4. The molecule has 0 unspecified atom stereocenters. The lowest BCUT2D eigenvalue weighted by Gasteiger charge is -2.06. The molecular formula is C20H11F2N3O3. The molecule has 138 valence electrons. The fourth-order valence-electron chi connectivity index (χ4n) is 2.84. The number of aromatic nitrogens is 3. The van der Waals surface area contributed by atoms with Crippen molar-refractivity contribution in [1.29, 1.82) is 0 Å². The largest absolute Gasteiger partial charge is 0.478 e. The van der Waals surface area contributed by atoms with E-state index in [1.54, 1.807) is 12.1 Å². The van der Waals surface area contributed by atoms with Crippen LogP contribution in [0.1, 0.15) is 26.3 Å². The molecule has 8 heteroatoms. The second-order valence-corrected chi connectivity index (χ2v) is 6.01. The number of hydrogen-bond donors (Lipinski definition) is 1. The van der Waals surface area contributed by atoms with Crippen LogP contribution < -0.4 is 0 Å². The second kappa shape index (κ2) is 6.66. The Labute approximate surface area is 156 Å². The summed E-state index contributed by atoms with van der Waals surface area (Å²) in [5.74, 6) is -3.11. The zero-order valence-corrected chi connectivity index (χ0v) is 14.1. The highest BCUT2D eigenvalue weighted by Gasteiger charge is 2.17. The Kier molecular flexibility index (Phi) is 4.15. The van der Waals surface area contributed by atoms with E-state index < -0.39 is 23.4 Å². The lowest BCUT2D eigenvalue weighted by Crippen LogP contribution is -2.06. The number of rotatable bonds is 4. The van der Waals surface area contributed by atoms with Crippen LogP contribution in [-0.4, -0.2) is 31.5 Å². The minimum Gasteiger partial charge on any atom is -0.478 e. The molecule has 0 atom stereocenters. The maximum Gasteiger partial charge on any atom is 0.335 e. The number of pyridine rings is 1. The predicted molar refractivity (Wildman–Crippen MR) is 95.2 cm³/mol. The first-order valence-electron chi connectivity index (χ1n) is 8.12. The van der Waals surface area contributed by atoms with Crippen molar-refractivity contribution in [3.63, 3.8) is 0 Å². The van der Waals surface area contributed by atoms with Gasteiger partial charge in [-0.25, -0.2) is 13.6 Å². The smallest absolute Gasteiger partial charge is 0.335 e. The second-order valence-electron chi connectivity index (χ2n) is 6.01. The summed E-state index contributed by atoms with van der Waals surface area (Å²) in [4.78, 5) is 23.8. The van der Waals surface area contributed by atoms with E-state index in [0.29, 0.717) is 23.1 Å². The SMILES string of the molecule is O=C(O)c1cccc(-c2nnc3ccc(C(=O)c4ccc(F)cc4F)cn23)c1. The van der Waals surface area contributed by atoms with Crippen molar-refractivity contribution in [2.75, 3.05) is 0 Å². The molecular weight excluding hydrogens is 368 g/mol. The van der Waals surface area contributed by atoms with Gasteiger partial charge < -0.3 is 5.11 Å². The molecule has 2 heterocycles. The Hall–Kier alpha value is -3.94. The lowest BCUT2D eigenvalue weighted by molar-refractivity contribution is 0.0696. The van der Waals surface area contributed by atoms with E-state index in [0.717, 1.165) is 12.1 Å². The van der Waals surface area contributed by atoms with Gasteiger partial charge >= 0.3 is 5.97 Å². The first kappa shape index (κ1) is 17.5. The number of carboxylic acids is 1. The molecule has 2 aromatic heterocycles. The quantitative estimate of drug-likeness (QED) is 0.548. The van der Waals surface area contributed by atoms with Crippen LogP contribution in [-0.2, 0) is 0 Å². The maximum atomic E-state index is 14.0. The highest BCUT2D eigenvalue weighted by Crippen LogP contribution is 2.22. The van der Waals surface area contributed by atoms with E-state index in [1.165, 1.54) is 34.9 Å². The third-order valence-corrected chi connectivity index (χ3v) is 4.21. The summed E-state index contributed by atoms with van der Waals surface area (Å²) in [6.07, 6.45) is 1.43. The van der Waals surface area contributed by atoms with Crippen molar-refractivity contribution < 1.29 is 23.5 Å². The summed E-state index contributed by atoms with van der Waals surface area (Å²) in [6, 6.07) is 11.9. The summed E-state index contributed by atoms with van der Waals surface area (Å²) < 4.78 is 28.6. The fourth-order valence-corrected chi connectivity index (χ4v) is 2.84. The van der Waals surface area contributed by atoms with Crippen LogP contribution in [0.2, 0.25) is 0 Å². The number of ketones is 1. The van der Waals surface area contributed by atoms with Crippen LogP contribution in [0.4, 0.5) is 8.78 Å². The summed E-state index contributed by atoms with van der Waals surface area (Å²) in [5.41, 5.74) is 0.878. The summed E-state index contributed by atoms with van der Waals surface area (Å²) >= 11 is 0. The van der Waals surface area contributed by atoms with Crippen molar-refractivity contribution in [2.45, 2.75) is 0 Å². The lowest BCUT2D eigenvalue weighted by atomic mass is 10.0. The Morgan fingerprint density at radius 1 is 0.929 bits per heavy atom. The molecule has 0 spiro atoms. The van der Waals surface area contributed by atoms with Crippen LogP contribution in [0.25, 0.3) is 17.0 Å². The number of nitrogens with zero attached hydrogens (tertiary/aromatic N) is 3. The molecule has 0 bridgehead atoms. The average molecular weight is 379 g/mol. The first-order valence-corrected chi connectivity index (χ1v) is 8.12. The molecule has 4 rings (SSSR count). The van der Waals surface area contributed by atoms with Gasteiger partial charge in [-0.2, -0.15) is 0 Å². The third kappa shape index (κ3) is 3.01. The number of benzene rings is 2. The van der Waals surface area contributed by atoms with Crippen molar-refractivity contribution >= 4 is 17.4 Å². The van der Waals surface area contributed by atoms with Crippen LogP contribution in [0.15, 0.2) is 60.8 Å². The van der Waals surface area contributed by atoms with Crippen LogP contribution in [0.3, 0.4) is 0 Å². The molecule has 0 aliphatic heterocycles. The molecule has 6 nitrogen and oxygen atoms in total. The number of carboxylic acid groups (broad SMARTS) is 1. The van der Waals surface area contributed by atoms with Gasteiger partial charge in [0.05, 0.1) is 11.1 Å². The normalized spacial score (nSPS) is 10.9. The van der Waals surface area contributed by atoms with Crippen LogP contribution in [0, 0.1) is 11.6 Å². The highest BCUT2D eigenvalue weighted by molar-refractivity contribution is 6.09. The Balaban J connectivity index is 1.81. The van der Waals surface area contributed by atoms with Crippen molar-refractivity contribution in [2.24, 2.45) is 0 Å². The Morgan fingerprint density at radius 2 is 1.75 bits per heavy atom. The zero-order chi connectivity index (χ0) is 19.8. The summed E-state index contributed by atoms with van der Waals surface area (Å²) in [6.45, 7) is 0. The van der Waals surface area contributed by atoms with Crippen molar-refractivity contribution in [3.05, 3.63) is 89.1 Å². The van der Waals surface area contributed by atoms with E-state index in [-0.39, 0.29) is 16.7 Å². The number of carbonyl (C=O) groups excluding carboxylic acids is 1. The molecule has 4 aromatic rings. The average Bonchev–Trinajstić information content (AvgIpc) is 3.11. The van der Waals surface area contributed by atoms with Gasteiger partial charge in [0, 0.05) is 23.4 Å². The van der Waals surface area contributed by atoms with Gasteiger partial charge in [0.25, 0.3) is 0 Å². The molecule has 28 heavy (non-hydrogen) atoms. The monoisotopic (exact) mass is 379 g/mol. The molecule has 0 radical (unpaired) electrons. The van der Waals surface area contributed by atoms with Gasteiger partial charge in [0.2, 0.25) is 0 Å². The maximum absolute atomic E-state index is 14.0. The van der Waals surface area contributed by atoms with Crippen LogP contribution in [0.5, 0.6) is 0 Å². The summed E-state index contributed by atoms with van der Waals surface area (Å²) in [5, 5.41) is 17.2. The predicted octanol–water partition coefficient (Wildman–Crippen LogP) is 3.60. The number of carbonyl (C=O) groups is 2. The zero-order valence-electron chi connectivity index (χ0n) is 14.1. The van der Waals surface area contributed by atoms with E-state index >= 15 is 0 Å². The van der Waals surface area contributed by atoms with E-state index in [4.69, 9.17) is 5.11 Å². The fraction of sp³-hybridized carbons (Fsp3) is 0. The van der Waals surface area contributed by atoms with Gasteiger partial charge in [-0.05, 0) is 36.4 Å². The molecule has 0 amide bonds. The van der Waals surface area contributed by atoms with E-state index in [9.17, 15) is 18.4 Å². The molecule has 0 aliphatic carbocycles. The van der Waals surface area contributed by atoms with Crippen LogP contribution >= 0.6 is 0 Å². The van der Waals surface area contributed by atoms with Gasteiger partial charge in [0.1, 0.15) is 11.6 Å². The first-order chi connectivity index (χ1) is 13.4. The Bertz CT molecular complexity index is 1250. The number of halogens is 2. The third-order valence-electron chi connectivity index (χ3n) is 4.21. The minimum absolute atomic E-state index is 0.0786. The van der Waals surface area contributed by atoms with E-state index in [2.05, 4.69) is 10.2 Å². The summed E-state index contributed by atoms with van der Waals surface area (Å²) in [7, 11) is 0. The number of aromatic carboxylic acids is 1. The molecule has 0 aliphatic rings.